The first-order valence-electron chi connectivity index (χ1n) is 8.76. The summed E-state index contributed by atoms with van der Waals surface area (Å²) in [5.41, 5.74) is 15.9. The Bertz CT molecular complexity index is 772. The number of nitrogens with two attached hydrogens (primary N) is 2. The molecule has 0 unspecified atom stereocenters. The van der Waals surface area contributed by atoms with Crippen LogP contribution < -0.4 is 26.0 Å². The van der Waals surface area contributed by atoms with Crippen LogP contribution in [0, 0.1) is 6.92 Å². The van der Waals surface area contributed by atoms with Crippen molar-refractivity contribution in [3.63, 3.8) is 0 Å². The number of anilines is 3. The van der Waals surface area contributed by atoms with Gasteiger partial charge in [0.2, 0.25) is 0 Å². The summed E-state index contributed by atoms with van der Waals surface area (Å²) in [4.78, 5) is 15.9. The van der Waals surface area contributed by atoms with Gasteiger partial charge in [-0.15, -0.1) is 0 Å². The molecule has 4 N–H and O–H groups in total. The van der Waals surface area contributed by atoms with Crippen molar-refractivity contribution in [1.82, 2.24) is 0 Å². The van der Waals surface area contributed by atoms with Crippen LogP contribution in [0.4, 0.5) is 21.9 Å². The van der Waals surface area contributed by atoms with Crippen LogP contribution in [0.1, 0.15) is 25.0 Å². The third-order valence-corrected chi connectivity index (χ3v) is 4.50. The molecule has 0 heterocycles. The smallest absolute Gasteiger partial charge is 0.319 e. The Hall–Kier alpha value is -2.89. The highest BCUT2D eigenvalue weighted by Crippen LogP contribution is 2.28. The van der Waals surface area contributed by atoms with Crippen LogP contribution in [0.5, 0.6) is 5.75 Å². The predicted octanol–water partition coefficient (Wildman–Crippen LogP) is 3.52. The molecular weight excluding hydrogens is 328 g/mol. The standard InChI is InChI=1S/C20H28N4O2/c1-5-23(6-2)16-8-10-18(14(3)11-16)24(20(22)25)13-15-7-9-17(21)19(12-15)26-4/h7-12H,5-6,13,21H2,1-4H3,(H2,22,25). The Morgan fingerprint density at radius 1 is 1.12 bits per heavy atom. The number of methoxy groups -OCH3 is 1. The van der Waals surface area contributed by atoms with Gasteiger partial charge in [-0.3, -0.25) is 4.90 Å². The van der Waals surface area contributed by atoms with E-state index in [-0.39, 0.29) is 0 Å². The molecule has 0 saturated carbocycles. The van der Waals surface area contributed by atoms with Crippen LogP contribution in [0.25, 0.3) is 0 Å². The summed E-state index contributed by atoms with van der Waals surface area (Å²) in [7, 11) is 1.57. The predicted molar refractivity (Wildman–Crippen MR) is 108 cm³/mol. The van der Waals surface area contributed by atoms with E-state index < -0.39 is 6.03 Å². The molecule has 0 aliphatic heterocycles. The molecule has 0 radical (unpaired) electrons. The molecule has 0 bridgehead atoms. The highest BCUT2D eigenvalue weighted by atomic mass is 16.5. The number of nitrogen functional groups attached to an aromatic ring is 1. The lowest BCUT2D eigenvalue weighted by Gasteiger charge is -2.26. The maximum Gasteiger partial charge on any atom is 0.319 e. The number of hydrogen-bond acceptors (Lipinski definition) is 4. The van der Waals surface area contributed by atoms with Crippen molar-refractivity contribution in [2.24, 2.45) is 5.73 Å². The van der Waals surface area contributed by atoms with Crippen LogP contribution >= 0.6 is 0 Å². The molecule has 0 fully saturated rings. The Morgan fingerprint density at radius 3 is 2.35 bits per heavy atom. The molecule has 6 nitrogen and oxygen atoms in total. The van der Waals surface area contributed by atoms with E-state index >= 15 is 0 Å². The van der Waals surface area contributed by atoms with E-state index in [1.807, 2.05) is 31.2 Å². The number of aryl methyl sites for hydroxylation is 1. The minimum Gasteiger partial charge on any atom is -0.495 e. The Balaban J connectivity index is 2.34. The van der Waals surface area contributed by atoms with E-state index in [0.29, 0.717) is 18.0 Å². The average molecular weight is 356 g/mol. The largest absolute Gasteiger partial charge is 0.495 e. The fraction of sp³-hybridized carbons (Fsp3) is 0.350. The Labute approximate surface area is 155 Å². The van der Waals surface area contributed by atoms with E-state index in [1.165, 1.54) is 0 Å². The Morgan fingerprint density at radius 2 is 1.81 bits per heavy atom. The van der Waals surface area contributed by atoms with Gasteiger partial charge >= 0.3 is 6.03 Å². The molecule has 0 aliphatic carbocycles. The van der Waals surface area contributed by atoms with Gasteiger partial charge in [0.15, 0.2) is 0 Å². The number of carbonyl (C=O) groups excluding carboxylic acids is 1. The molecule has 0 atom stereocenters. The average Bonchev–Trinajstić information content (AvgIpc) is 2.62. The first-order chi connectivity index (χ1) is 12.4. The molecule has 0 saturated heterocycles. The van der Waals surface area contributed by atoms with Gasteiger partial charge in [0.05, 0.1) is 19.3 Å². The second-order valence-corrected chi connectivity index (χ2v) is 6.14. The van der Waals surface area contributed by atoms with Gasteiger partial charge in [-0.2, -0.15) is 0 Å². The maximum absolute atomic E-state index is 12.1. The van der Waals surface area contributed by atoms with Crippen LogP contribution in [-0.2, 0) is 6.54 Å². The van der Waals surface area contributed by atoms with Gasteiger partial charge in [0, 0.05) is 24.5 Å². The highest BCUT2D eigenvalue weighted by Gasteiger charge is 2.17. The lowest BCUT2D eigenvalue weighted by atomic mass is 10.1. The van der Waals surface area contributed by atoms with Crippen molar-refractivity contribution in [3.05, 3.63) is 47.5 Å². The number of hydrogen-bond donors (Lipinski definition) is 2. The van der Waals surface area contributed by atoms with Crippen molar-refractivity contribution in [3.8, 4) is 5.75 Å². The molecule has 0 spiro atoms. The SMILES string of the molecule is CCN(CC)c1ccc(N(Cc2ccc(N)c(OC)c2)C(N)=O)c(C)c1. The fourth-order valence-corrected chi connectivity index (χ4v) is 3.05. The zero-order valence-corrected chi connectivity index (χ0v) is 16.0. The first kappa shape index (κ1) is 19.4. The minimum absolute atomic E-state index is 0.345. The van der Waals surface area contributed by atoms with Crippen molar-refractivity contribution in [2.75, 3.05) is 35.7 Å². The Kier molecular flexibility index (Phi) is 6.33. The lowest BCUT2D eigenvalue weighted by molar-refractivity contribution is 0.253. The molecule has 26 heavy (non-hydrogen) atoms. The number of urea groups is 1. The monoisotopic (exact) mass is 356 g/mol. The molecule has 0 aliphatic rings. The van der Waals surface area contributed by atoms with Crippen LogP contribution in [0.2, 0.25) is 0 Å². The number of amides is 2. The maximum atomic E-state index is 12.1. The summed E-state index contributed by atoms with van der Waals surface area (Å²) < 4.78 is 5.26. The number of carbonyl (C=O) groups is 1. The van der Waals surface area contributed by atoms with Crippen molar-refractivity contribution in [1.29, 1.82) is 0 Å². The van der Waals surface area contributed by atoms with Gasteiger partial charge in [-0.25, -0.2) is 4.79 Å². The zero-order valence-electron chi connectivity index (χ0n) is 16.0. The summed E-state index contributed by atoms with van der Waals surface area (Å²) in [6.07, 6.45) is 0. The van der Waals surface area contributed by atoms with Gasteiger partial charge in [-0.1, -0.05) is 6.07 Å². The van der Waals surface area contributed by atoms with E-state index in [9.17, 15) is 4.79 Å². The van der Waals surface area contributed by atoms with Crippen molar-refractivity contribution in [2.45, 2.75) is 27.3 Å². The van der Waals surface area contributed by atoms with Gasteiger partial charge in [-0.05, 0) is 62.2 Å². The topological polar surface area (TPSA) is 84.8 Å². The number of primary amides is 1. The number of benzene rings is 2. The van der Waals surface area contributed by atoms with E-state index in [1.54, 1.807) is 18.1 Å². The third-order valence-electron chi connectivity index (χ3n) is 4.50. The summed E-state index contributed by atoms with van der Waals surface area (Å²) in [6, 6.07) is 11.0. The minimum atomic E-state index is -0.500. The van der Waals surface area contributed by atoms with Crippen molar-refractivity contribution >= 4 is 23.1 Å². The normalized spacial score (nSPS) is 10.5. The molecule has 6 heteroatoms. The molecule has 0 aromatic heterocycles. The highest BCUT2D eigenvalue weighted by molar-refractivity contribution is 5.91. The van der Waals surface area contributed by atoms with Gasteiger partial charge in [0.1, 0.15) is 5.75 Å². The van der Waals surface area contributed by atoms with Gasteiger partial charge in [0.25, 0.3) is 0 Å². The molecule has 2 amide bonds. The summed E-state index contributed by atoms with van der Waals surface area (Å²) in [5.74, 6) is 0.584. The second-order valence-electron chi connectivity index (χ2n) is 6.14. The molecule has 140 valence electrons. The first-order valence-corrected chi connectivity index (χ1v) is 8.76. The van der Waals surface area contributed by atoms with Crippen LogP contribution in [0.15, 0.2) is 36.4 Å². The summed E-state index contributed by atoms with van der Waals surface area (Å²) >= 11 is 0. The zero-order chi connectivity index (χ0) is 19.3. The summed E-state index contributed by atoms with van der Waals surface area (Å²) in [6.45, 7) is 8.44. The number of rotatable bonds is 7. The lowest BCUT2D eigenvalue weighted by Crippen LogP contribution is -2.35. The molecule has 2 rings (SSSR count). The van der Waals surface area contributed by atoms with E-state index in [0.717, 1.165) is 35.6 Å². The molecule has 2 aromatic rings. The van der Waals surface area contributed by atoms with Crippen molar-refractivity contribution < 1.29 is 9.53 Å². The third kappa shape index (κ3) is 4.20. The van der Waals surface area contributed by atoms with Crippen LogP contribution in [0.3, 0.4) is 0 Å². The van der Waals surface area contributed by atoms with E-state index in [4.69, 9.17) is 16.2 Å². The second kappa shape index (κ2) is 8.47. The number of nitrogens with zero attached hydrogens (tertiary/aromatic N) is 2. The van der Waals surface area contributed by atoms with E-state index in [2.05, 4.69) is 24.8 Å². The van der Waals surface area contributed by atoms with Crippen LogP contribution in [-0.4, -0.2) is 26.2 Å². The quantitative estimate of drug-likeness (QED) is 0.743. The summed E-state index contributed by atoms with van der Waals surface area (Å²) in [5, 5.41) is 0. The molecular formula is C20H28N4O2. The fourth-order valence-electron chi connectivity index (χ4n) is 3.05. The number of ether oxygens (including phenoxy) is 1. The molecule has 2 aromatic carbocycles. The van der Waals surface area contributed by atoms with Gasteiger partial charge < -0.3 is 21.1 Å².